The van der Waals surface area contributed by atoms with Crippen molar-refractivity contribution in [1.82, 2.24) is 5.32 Å². The molecule has 0 spiro atoms. The van der Waals surface area contributed by atoms with Gasteiger partial charge in [0, 0.05) is 12.0 Å². The number of hydrogen-bond acceptors (Lipinski definition) is 2. The number of halogens is 1. The molecule has 0 aromatic heterocycles. The molecule has 120 valence electrons. The molecule has 0 aliphatic heterocycles. The van der Waals surface area contributed by atoms with Gasteiger partial charge in [-0.25, -0.2) is 0 Å². The van der Waals surface area contributed by atoms with Crippen LogP contribution in [0.4, 0.5) is 0 Å². The summed E-state index contributed by atoms with van der Waals surface area (Å²) in [6.45, 7) is 10.8. The van der Waals surface area contributed by atoms with E-state index in [0.29, 0.717) is 13.0 Å². The van der Waals surface area contributed by atoms with Gasteiger partial charge in [-0.2, -0.15) is 0 Å². The first kappa shape index (κ1) is 19.9. The summed E-state index contributed by atoms with van der Waals surface area (Å²) in [7, 11) is 0. The van der Waals surface area contributed by atoms with Gasteiger partial charge in [0.25, 0.3) is 0 Å². The highest BCUT2D eigenvalue weighted by Crippen LogP contribution is 2.23. The van der Waals surface area contributed by atoms with Gasteiger partial charge in [0.05, 0.1) is 5.54 Å². The van der Waals surface area contributed by atoms with Gasteiger partial charge in [0.15, 0.2) is 0 Å². The first-order chi connectivity index (χ1) is 9.19. The Kier molecular flexibility index (Phi) is 7.41. The molecule has 0 saturated heterocycles. The van der Waals surface area contributed by atoms with E-state index in [0.717, 1.165) is 6.42 Å². The molecule has 3 nitrogen and oxygen atoms in total. The van der Waals surface area contributed by atoms with Crippen LogP contribution in [0.3, 0.4) is 0 Å². The molecule has 0 aliphatic carbocycles. The summed E-state index contributed by atoms with van der Waals surface area (Å²) in [6.07, 6.45) is 1.60. The van der Waals surface area contributed by atoms with Gasteiger partial charge in [-0.05, 0) is 25.8 Å². The number of rotatable bonds is 6. The van der Waals surface area contributed by atoms with Crippen LogP contribution in [0.1, 0.15) is 51.7 Å². The number of carbonyl (C=O) groups excluding carboxylic acids is 1. The summed E-state index contributed by atoms with van der Waals surface area (Å²) in [5, 5.41) is 3.00. The zero-order chi connectivity index (χ0) is 15.4. The lowest BCUT2D eigenvalue weighted by molar-refractivity contribution is -0.126. The number of hydrogen-bond donors (Lipinski definition) is 2. The van der Waals surface area contributed by atoms with Crippen LogP contribution in [-0.4, -0.2) is 18.0 Å². The molecule has 1 atom stereocenters. The van der Waals surface area contributed by atoms with Gasteiger partial charge in [-0.15, -0.1) is 12.4 Å². The SMILES string of the molecule is CCCC(C)(N)C(=O)NCC(C)(C)c1ccc(C)cc1.Cl. The van der Waals surface area contributed by atoms with Gasteiger partial charge in [-0.1, -0.05) is 57.0 Å². The fourth-order valence-corrected chi connectivity index (χ4v) is 2.24. The summed E-state index contributed by atoms with van der Waals surface area (Å²) < 4.78 is 0. The molecular weight excluding hydrogens is 284 g/mol. The van der Waals surface area contributed by atoms with Crippen molar-refractivity contribution in [2.45, 2.75) is 58.4 Å². The maximum absolute atomic E-state index is 12.2. The molecule has 0 aliphatic rings. The third kappa shape index (κ3) is 5.68. The molecule has 1 rings (SSSR count). The van der Waals surface area contributed by atoms with Crippen LogP contribution in [0.5, 0.6) is 0 Å². The summed E-state index contributed by atoms with van der Waals surface area (Å²) in [4.78, 5) is 12.2. The van der Waals surface area contributed by atoms with Gasteiger partial charge in [0.2, 0.25) is 5.91 Å². The lowest BCUT2D eigenvalue weighted by Gasteiger charge is -2.29. The summed E-state index contributed by atoms with van der Waals surface area (Å²) in [6, 6.07) is 8.44. The van der Waals surface area contributed by atoms with E-state index in [4.69, 9.17) is 5.73 Å². The van der Waals surface area contributed by atoms with Gasteiger partial charge in [0.1, 0.15) is 0 Å². The topological polar surface area (TPSA) is 55.1 Å². The molecule has 1 amide bonds. The van der Waals surface area contributed by atoms with Gasteiger partial charge >= 0.3 is 0 Å². The zero-order valence-electron chi connectivity index (χ0n) is 13.8. The normalized spacial score (nSPS) is 14.0. The van der Waals surface area contributed by atoms with E-state index >= 15 is 0 Å². The van der Waals surface area contributed by atoms with Crippen molar-refractivity contribution in [2.75, 3.05) is 6.54 Å². The van der Waals surface area contributed by atoms with Crippen LogP contribution in [0.2, 0.25) is 0 Å². The quantitative estimate of drug-likeness (QED) is 0.846. The van der Waals surface area contributed by atoms with Crippen molar-refractivity contribution in [3.63, 3.8) is 0 Å². The highest BCUT2D eigenvalue weighted by atomic mass is 35.5. The molecule has 0 bridgehead atoms. The highest BCUT2D eigenvalue weighted by molar-refractivity contribution is 5.85. The van der Waals surface area contributed by atoms with Crippen LogP contribution in [0.15, 0.2) is 24.3 Å². The van der Waals surface area contributed by atoms with Crippen LogP contribution >= 0.6 is 12.4 Å². The van der Waals surface area contributed by atoms with E-state index < -0.39 is 5.54 Å². The van der Waals surface area contributed by atoms with Crippen LogP contribution in [0, 0.1) is 6.92 Å². The Morgan fingerprint density at radius 2 is 1.71 bits per heavy atom. The molecule has 0 radical (unpaired) electrons. The molecule has 1 aromatic rings. The predicted octanol–water partition coefficient (Wildman–Crippen LogP) is 3.33. The Morgan fingerprint density at radius 1 is 1.19 bits per heavy atom. The van der Waals surface area contributed by atoms with Crippen molar-refractivity contribution in [2.24, 2.45) is 5.73 Å². The molecule has 0 fully saturated rings. The number of nitrogens with two attached hydrogens (primary N) is 1. The Labute approximate surface area is 135 Å². The van der Waals surface area contributed by atoms with Crippen molar-refractivity contribution < 1.29 is 4.79 Å². The summed E-state index contributed by atoms with van der Waals surface area (Å²) >= 11 is 0. The summed E-state index contributed by atoms with van der Waals surface area (Å²) in [5.74, 6) is -0.0699. The monoisotopic (exact) mass is 312 g/mol. The molecule has 0 saturated carbocycles. The van der Waals surface area contributed by atoms with E-state index in [1.165, 1.54) is 11.1 Å². The van der Waals surface area contributed by atoms with Gasteiger partial charge < -0.3 is 11.1 Å². The van der Waals surface area contributed by atoms with E-state index in [-0.39, 0.29) is 23.7 Å². The molecule has 3 N–H and O–H groups in total. The lowest BCUT2D eigenvalue weighted by Crippen LogP contribution is -2.53. The fraction of sp³-hybridized carbons (Fsp3) is 0.588. The Bertz CT molecular complexity index is 452. The van der Waals surface area contributed by atoms with E-state index in [1.54, 1.807) is 6.92 Å². The average Bonchev–Trinajstić information content (AvgIpc) is 2.36. The number of benzene rings is 1. The van der Waals surface area contributed by atoms with Crippen molar-refractivity contribution in [3.8, 4) is 0 Å². The Morgan fingerprint density at radius 3 is 2.19 bits per heavy atom. The lowest BCUT2D eigenvalue weighted by atomic mass is 9.84. The van der Waals surface area contributed by atoms with E-state index in [9.17, 15) is 4.79 Å². The molecule has 4 heteroatoms. The van der Waals surface area contributed by atoms with Crippen molar-refractivity contribution in [1.29, 1.82) is 0 Å². The Hall–Kier alpha value is -1.06. The molecule has 1 unspecified atom stereocenters. The second-order valence-electron chi connectivity index (χ2n) is 6.60. The first-order valence-corrected chi connectivity index (χ1v) is 7.33. The van der Waals surface area contributed by atoms with E-state index in [2.05, 4.69) is 50.4 Å². The maximum Gasteiger partial charge on any atom is 0.239 e. The van der Waals surface area contributed by atoms with E-state index in [1.807, 2.05) is 6.92 Å². The molecule has 1 aromatic carbocycles. The summed E-state index contributed by atoms with van der Waals surface area (Å²) in [5.41, 5.74) is 7.62. The third-order valence-corrected chi connectivity index (χ3v) is 3.81. The predicted molar refractivity (Wildman–Crippen MR) is 92.0 cm³/mol. The number of aryl methyl sites for hydroxylation is 1. The number of amides is 1. The van der Waals surface area contributed by atoms with Crippen molar-refractivity contribution >= 4 is 18.3 Å². The van der Waals surface area contributed by atoms with Gasteiger partial charge in [-0.3, -0.25) is 4.79 Å². The molecule has 21 heavy (non-hydrogen) atoms. The second kappa shape index (κ2) is 7.81. The Balaban J connectivity index is 0.00000400. The minimum absolute atomic E-state index is 0. The van der Waals surface area contributed by atoms with Crippen molar-refractivity contribution in [3.05, 3.63) is 35.4 Å². The fourth-order valence-electron chi connectivity index (χ4n) is 2.24. The average molecular weight is 313 g/mol. The maximum atomic E-state index is 12.2. The number of carbonyl (C=O) groups is 1. The minimum atomic E-state index is -0.780. The number of nitrogens with one attached hydrogen (secondary N) is 1. The van der Waals surface area contributed by atoms with Crippen LogP contribution in [0.25, 0.3) is 0 Å². The zero-order valence-corrected chi connectivity index (χ0v) is 14.6. The van der Waals surface area contributed by atoms with Crippen LogP contribution in [-0.2, 0) is 10.2 Å². The molecule has 0 heterocycles. The standard InChI is InChI=1S/C17H28N2O.ClH/c1-6-11-17(5,18)15(20)19-12-16(3,4)14-9-7-13(2)8-10-14;/h7-10H,6,11-12,18H2,1-5H3,(H,19,20);1H. The first-order valence-electron chi connectivity index (χ1n) is 7.33. The smallest absolute Gasteiger partial charge is 0.239 e. The molecular formula is C17H29ClN2O. The second-order valence-corrected chi connectivity index (χ2v) is 6.60. The highest BCUT2D eigenvalue weighted by Gasteiger charge is 2.29. The largest absolute Gasteiger partial charge is 0.354 e. The minimum Gasteiger partial charge on any atom is -0.354 e. The van der Waals surface area contributed by atoms with Crippen LogP contribution < -0.4 is 11.1 Å². The third-order valence-electron chi connectivity index (χ3n) is 3.81.